The molecule has 0 spiro atoms. The molecule has 0 bridgehead atoms. The summed E-state index contributed by atoms with van der Waals surface area (Å²) in [6, 6.07) is 8.27. The lowest BCUT2D eigenvalue weighted by molar-refractivity contribution is 0.193. The number of likely N-dealkylation sites (tertiary alicyclic amines) is 1. The Kier molecular flexibility index (Phi) is 7.90. The Labute approximate surface area is 139 Å². The van der Waals surface area contributed by atoms with Gasteiger partial charge in [0.2, 0.25) is 0 Å². The Hall–Kier alpha value is -1.59. The number of benzene rings is 1. The number of nitrogens with one attached hydrogen (secondary N) is 2. The molecule has 2 amide bonds. The van der Waals surface area contributed by atoms with E-state index in [-0.39, 0.29) is 6.03 Å². The van der Waals surface area contributed by atoms with E-state index in [0.717, 1.165) is 13.0 Å². The molecule has 1 saturated heterocycles. The third-order valence-electron chi connectivity index (χ3n) is 4.21. The van der Waals surface area contributed by atoms with Gasteiger partial charge in [-0.05, 0) is 43.5 Å². The number of nitrogens with zero attached hydrogens (tertiary/aromatic N) is 1. The van der Waals surface area contributed by atoms with Gasteiger partial charge in [-0.15, -0.1) is 0 Å². The van der Waals surface area contributed by atoms with Crippen molar-refractivity contribution in [3.63, 3.8) is 0 Å². The smallest absolute Gasteiger partial charge is 0.315 e. The van der Waals surface area contributed by atoms with Crippen LogP contribution in [0.4, 0.5) is 4.79 Å². The van der Waals surface area contributed by atoms with Gasteiger partial charge in [-0.25, -0.2) is 4.79 Å². The van der Waals surface area contributed by atoms with Crippen LogP contribution in [0.2, 0.25) is 0 Å². The van der Waals surface area contributed by atoms with Gasteiger partial charge >= 0.3 is 6.03 Å². The molecular formula is C18H29N3O2. The number of urea groups is 1. The number of methoxy groups -OCH3 is 1. The Morgan fingerprint density at radius 3 is 2.61 bits per heavy atom. The van der Waals surface area contributed by atoms with Gasteiger partial charge in [0, 0.05) is 33.4 Å². The summed E-state index contributed by atoms with van der Waals surface area (Å²) in [4.78, 5) is 14.3. The summed E-state index contributed by atoms with van der Waals surface area (Å²) >= 11 is 0. The molecule has 128 valence electrons. The van der Waals surface area contributed by atoms with Gasteiger partial charge in [-0.2, -0.15) is 0 Å². The molecule has 1 aliphatic rings. The molecule has 1 aromatic rings. The molecule has 2 rings (SSSR count). The summed E-state index contributed by atoms with van der Waals surface area (Å²) in [6.07, 6.45) is 4.77. The molecule has 0 aromatic heterocycles. The van der Waals surface area contributed by atoms with Crippen LogP contribution in [0.1, 0.15) is 36.8 Å². The fourth-order valence-electron chi connectivity index (χ4n) is 2.90. The molecule has 0 unspecified atom stereocenters. The average Bonchev–Trinajstić information content (AvgIpc) is 2.59. The molecule has 1 fully saturated rings. The number of piperidine rings is 1. The van der Waals surface area contributed by atoms with Crippen molar-refractivity contribution in [1.82, 2.24) is 15.5 Å². The maximum Gasteiger partial charge on any atom is 0.315 e. The van der Waals surface area contributed by atoms with Gasteiger partial charge in [0.25, 0.3) is 0 Å². The molecule has 0 atom stereocenters. The van der Waals surface area contributed by atoms with E-state index in [0.29, 0.717) is 19.7 Å². The standard InChI is InChI=1S/C18H29N3O2/c1-23-13-7-10-19-18(22)20-14-16-8-3-4-9-17(16)15-21-11-5-2-6-12-21/h3-4,8-9H,2,5-7,10-15H2,1H3,(H2,19,20,22). The van der Waals surface area contributed by atoms with Crippen molar-refractivity contribution in [3.05, 3.63) is 35.4 Å². The number of ether oxygens (including phenoxy) is 1. The first kappa shape index (κ1) is 17.8. The zero-order chi connectivity index (χ0) is 16.3. The van der Waals surface area contributed by atoms with E-state index in [1.165, 1.54) is 43.5 Å². The summed E-state index contributed by atoms with van der Waals surface area (Å²) in [5.74, 6) is 0. The minimum atomic E-state index is -0.117. The van der Waals surface area contributed by atoms with Crippen LogP contribution in [0.25, 0.3) is 0 Å². The van der Waals surface area contributed by atoms with Gasteiger partial charge in [0.05, 0.1) is 0 Å². The lowest BCUT2D eigenvalue weighted by Gasteiger charge is -2.27. The predicted octanol–water partition coefficient (Wildman–Crippen LogP) is 2.51. The van der Waals surface area contributed by atoms with Crippen LogP contribution in [0.15, 0.2) is 24.3 Å². The topological polar surface area (TPSA) is 53.6 Å². The fraction of sp³-hybridized carbons (Fsp3) is 0.611. The second-order valence-electron chi connectivity index (χ2n) is 6.06. The van der Waals surface area contributed by atoms with E-state index >= 15 is 0 Å². The van der Waals surface area contributed by atoms with E-state index in [1.807, 2.05) is 6.07 Å². The first-order chi connectivity index (χ1) is 11.3. The highest BCUT2D eigenvalue weighted by Gasteiger charge is 2.12. The molecule has 0 aliphatic carbocycles. The fourth-order valence-corrected chi connectivity index (χ4v) is 2.90. The van der Waals surface area contributed by atoms with Crippen LogP contribution >= 0.6 is 0 Å². The molecule has 0 radical (unpaired) electrons. The first-order valence-electron chi connectivity index (χ1n) is 8.59. The third-order valence-corrected chi connectivity index (χ3v) is 4.21. The second kappa shape index (κ2) is 10.2. The Bertz CT molecular complexity index is 473. The molecule has 1 heterocycles. The molecule has 5 nitrogen and oxygen atoms in total. The quantitative estimate of drug-likeness (QED) is 0.724. The zero-order valence-electron chi connectivity index (χ0n) is 14.1. The van der Waals surface area contributed by atoms with E-state index < -0.39 is 0 Å². The number of carbonyl (C=O) groups is 1. The van der Waals surface area contributed by atoms with E-state index in [4.69, 9.17) is 4.74 Å². The van der Waals surface area contributed by atoms with Crippen molar-refractivity contribution >= 4 is 6.03 Å². The van der Waals surface area contributed by atoms with Crippen molar-refractivity contribution in [3.8, 4) is 0 Å². The van der Waals surface area contributed by atoms with Crippen LogP contribution in [-0.4, -0.2) is 44.3 Å². The number of amides is 2. The van der Waals surface area contributed by atoms with Crippen LogP contribution in [0, 0.1) is 0 Å². The largest absolute Gasteiger partial charge is 0.385 e. The molecule has 1 aromatic carbocycles. The summed E-state index contributed by atoms with van der Waals surface area (Å²) in [5, 5.41) is 5.79. The highest BCUT2D eigenvalue weighted by molar-refractivity contribution is 5.73. The summed E-state index contributed by atoms with van der Waals surface area (Å²) in [6.45, 7) is 5.21. The minimum absolute atomic E-state index is 0.117. The Morgan fingerprint density at radius 2 is 1.87 bits per heavy atom. The van der Waals surface area contributed by atoms with Crippen LogP contribution in [0.5, 0.6) is 0 Å². The summed E-state index contributed by atoms with van der Waals surface area (Å²) < 4.78 is 4.96. The normalized spacial score (nSPS) is 15.3. The molecule has 0 saturated carbocycles. The van der Waals surface area contributed by atoms with Crippen molar-refractivity contribution in [2.24, 2.45) is 0 Å². The highest BCUT2D eigenvalue weighted by Crippen LogP contribution is 2.16. The van der Waals surface area contributed by atoms with Crippen molar-refractivity contribution in [1.29, 1.82) is 0 Å². The summed E-state index contributed by atoms with van der Waals surface area (Å²) in [5.41, 5.74) is 2.51. The van der Waals surface area contributed by atoms with Crippen molar-refractivity contribution < 1.29 is 9.53 Å². The monoisotopic (exact) mass is 319 g/mol. The van der Waals surface area contributed by atoms with E-state index in [1.54, 1.807) is 7.11 Å². The van der Waals surface area contributed by atoms with Crippen LogP contribution in [-0.2, 0) is 17.8 Å². The third kappa shape index (κ3) is 6.59. The first-order valence-corrected chi connectivity index (χ1v) is 8.59. The number of hydrogen-bond donors (Lipinski definition) is 2. The maximum absolute atomic E-state index is 11.8. The van der Waals surface area contributed by atoms with Gasteiger partial charge in [-0.3, -0.25) is 4.90 Å². The molecular weight excluding hydrogens is 290 g/mol. The zero-order valence-corrected chi connectivity index (χ0v) is 14.1. The minimum Gasteiger partial charge on any atom is -0.385 e. The molecule has 1 aliphatic heterocycles. The predicted molar refractivity (Wildman–Crippen MR) is 92.3 cm³/mol. The Morgan fingerprint density at radius 1 is 1.13 bits per heavy atom. The van der Waals surface area contributed by atoms with Gasteiger partial charge < -0.3 is 15.4 Å². The van der Waals surface area contributed by atoms with Crippen molar-refractivity contribution in [2.45, 2.75) is 38.8 Å². The Balaban J connectivity index is 1.79. The van der Waals surface area contributed by atoms with Crippen molar-refractivity contribution in [2.75, 3.05) is 33.4 Å². The lowest BCUT2D eigenvalue weighted by Crippen LogP contribution is -2.36. The molecule has 2 N–H and O–H groups in total. The van der Waals surface area contributed by atoms with E-state index in [2.05, 4.69) is 33.7 Å². The van der Waals surface area contributed by atoms with Crippen LogP contribution in [0.3, 0.4) is 0 Å². The SMILES string of the molecule is COCCCNC(=O)NCc1ccccc1CN1CCCCC1. The lowest BCUT2D eigenvalue weighted by atomic mass is 10.0. The summed E-state index contributed by atoms with van der Waals surface area (Å²) in [7, 11) is 1.67. The van der Waals surface area contributed by atoms with Gasteiger partial charge in [0.15, 0.2) is 0 Å². The molecule has 23 heavy (non-hydrogen) atoms. The second-order valence-corrected chi connectivity index (χ2v) is 6.06. The highest BCUT2D eigenvalue weighted by atomic mass is 16.5. The molecule has 5 heteroatoms. The number of carbonyl (C=O) groups excluding carboxylic acids is 1. The van der Waals surface area contributed by atoms with E-state index in [9.17, 15) is 4.79 Å². The van der Waals surface area contributed by atoms with Crippen LogP contribution < -0.4 is 10.6 Å². The average molecular weight is 319 g/mol. The van der Waals surface area contributed by atoms with Gasteiger partial charge in [0.1, 0.15) is 0 Å². The van der Waals surface area contributed by atoms with Gasteiger partial charge in [-0.1, -0.05) is 30.7 Å². The maximum atomic E-state index is 11.8. The number of rotatable bonds is 8. The number of hydrogen-bond acceptors (Lipinski definition) is 3.